The van der Waals surface area contributed by atoms with Gasteiger partial charge < -0.3 is 4.74 Å². The molecular weight excluding hydrogens is 274 g/mol. The second-order valence-electron chi connectivity index (χ2n) is 5.42. The number of ether oxygens (including phenoxy) is 1. The molecule has 2 aromatic carbocycles. The van der Waals surface area contributed by atoms with Crippen LogP contribution < -0.4 is 0 Å². The van der Waals surface area contributed by atoms with Gasteiger partial charge in [0.2, 0.25) is 0 Å². The van der Waals surface area contributed by atoms with Crippen LogP contribution in [-0.2, 0) is 9.53 Å². The number of nitrogens with zero attached hydrogens (tertiary/aromatic N) is 1. The van der Waals surface area contributed by atoms with Crippen molar-refractivity contribution in [3.05, 3.63) is 71.8 Å². The van der Waals surface area contributed by atoms with Crippen molar-refractivity contribution >= 4 is 11.7 Å². The molecule has 0 aliphatic heterocycles. The van der Waals surface area contributed by atoms with Crippen molar-refractivity contribution in [1.82, 2.24) is 0 Å². The summed E-state index contributed by atoms with van der Waals surface area (Å²) in [5.41, 5.74) is 2.79. The van der Waals surface area contributed by atoms with Crippen molar-refractivity contribution in [2.45, 2.75) is 19.9 Å². The van der Waals surface area contributed by atoms with Crippen molar-refractivity contribution in [3.63, 3.8) is 0 Å². The molecule has 0 unspecified atom stereocenters. The van der Waals surface area contributed by atoms with Gasteiger partial charge in [-0.15, -0.1) is 0 Å². The van der Waals surface area contributed by atoms with Gasteiger partial charge in [-0.05, 0) is 5.92 Å². The van der Waals surface area contributed by atoms with Crippen molar-refractivity contribution < 1.29 is 9.53 Å². The molecule has 2 aromatic rings. The van der Waals surface area contributed by atoms with E-state index in [9.17, 15) is 4.79 Å². The molecule has 0 aliphatic rings. The first-order valence-corrected chi connectivity index (χ1v) is 7.40. The maximum Gasteiger partial charge on any atom is 0.330 e. The fourth-order valence-electron chi connectivity index (χ4n) is 2.24. The largest absolute Gasteiger partial charge is 0.467 e. The minimum Gasteiger partial charge on any atom is -0.467 e. The number of carbonyl (C=O) groups is 1. The molecule has 2 rings (SSSR count). The van der Waals surface area contributed by atoms with Gasteiger partial charge in [0.05, 0.1) is 12.8 Å². The van der Waals surface area contributed by atoms with Crippen LogP contribution in [0.15, 0.2) is 65.7 Å². The zero-order valence-electron chi connectivity index (χ0n) is 13.2. The van der Waals surface area contributed by atoms with E-state index in [1.165, 1.54) is 7.11 Å². The van der Waals surface area contributed by atoms with E-state index in [1.54, 1.807) is 0 Å². The Balaban J connectivity index is 2.53. The molecule has 1 atom stereocenters. The molecule has 3 heteroatoms. The summed E-state index contributed by atoms with van der Waals surface area (Å²) in [6.07, 6.45) is 0. The third-order valence-corrected chi connectivity index (χ3v) is 3.44. The van der Waals surface area contributed by atoms with Gasteiger partial charge >= 0.3 is 5.97 Å². The lowest BCUT2D eigenvalue weighted by Gasteiger charge is -2.17. The Morgan fingerprint density at radius 2 is 1.36 bits per heavy atom. The lowest BCUT2D eigenvalue weighted by molar-refractivity contribution is -0.143. The van der Waals surface area contributed by atoms with E-state index in [4.69, 9.17) is 9.73 Å². The number of carbonyl (C=O) groups excluding carboxylic acids is 1. The van der Waals surface area contributed by atoms with E-state index in [0.29, 0.717) is 0 Å². The molecule has 22 heavy (non-hydrogen) atoms. The van der Waals surface area contributed by atoms with Gasteiger partial charge in [0.1, 0.15) is 0 Å². The average Bonchev–Trinajstić information content (AvgIpc) is 2.56. The molecule has 0 spiro atoms. The Morgan fingerprint density at radius 3 is 1.73 bits per heavy atom. The van der Waals surface area contributed by atoms with Gasteiger partial charge in [0.25, 0.3) is 0 Å². The normalized spacial score (nSPS) is 11.8. The summed E-state index contributed by atoms with van der Waals surface area (Å²) in [6.45, 7) is 3.94. The number of rotatable bonds is 5. The van der Waals surface area contributed by atoms with E-state index in [0.717, 1.165) is 16.8 Å². The highest BCUT2D eigenvalue weighted by atomic mass is 16.5. The van der Waals surface area contributed by atoms with Crippen LogP contribution in [0.5, 0.6) is 0 Å². The predicted octanol–water partition coefficient (Wildman–Crippen LogP) is 3.72. The molecule has 0 fully saturated rings. The van der Waals surface area contributed by atoms with E-state index >= 15 is 0 Å². The molecule has 114 valence electrons. The molecule has 0 aromatic heterocycles. The van der Waals surface area contributed by atoms with Gasteiger partial charge in [0.15, 0.2) is 6.04 Å². The number of hydrogen-bond donors (Lipinski definition) is 0. The maximum atomic E-state index is 12.0. The topological polar surface area (TPSA) is 38.7 Å². The second kappa shape index (κ2) is 7.55. The molecule has 0 radical (unpaired) electrons. The Hall–Kier alpha value is -2.42. The SMILES string of the molecule is COC(=O)[C@@H](N=C(c1ccccc1)c1ccccc1)C(C)C. The first-order chi connectivity index (χ1) is 10.6. The van der Waals surface area contributed by atoms with E-state index in [2.05, 4.69) is 0 Å². The average molecular weight is 295 g/mol. The minimum atomic E-state index is -0.514. The Bertz CT molecular complexity index is 591. The third kappa shape index (κ3) is 3.82. The van der Waals surface area contributed by atoms with Crippen LogP contribution in [-0.4, -0.2) is 24.8 Å². The monoisotopic (exact) mass is 295 g/mol. The van der Waals surface area contributed by atoms with Crippen molar-refractivity contribution in [1.29, 1.82) is 0 Å². The predicted molar refractivity (Wildman–Crippen MR) is 89.2 cm³/mol. The Kier molecular flexibility index (Phi) is 5.48. The van der Waals surface area contributed by atoms with Crippen LogP contribution in [0.3, 0.4) is 0 Å². The fourth-order valence-corrected chi connectivity index (χ4v) is 2.24. The zero-order chi connectivity index (χ0) is 15.9. The lowest BCUT2D eigenvalue weighted by atomic mass is 10.00. The quantitative estimate of drug-likeness (QED) is 0.623. The van der Waals surface area contributed by atoms with Gasteiger partial charge in [-0.25, -0.2) is 4.79 Å². The zero-order valence-corrected chi connectivity index (χ0v) is 13.2. The highest BCUT2D eigenvalue weighted by Gasteiger charge is 2.23. The van der Waals surface area contributed by atoms with Gasteiger partial charge in [-0.3, -0.25) is 4.99 Å². The molecule has 0 heterocycles. The summed E-state index contributed by atoms with van der Waals surface area (Å²) in [5, 5.41) is 0. The van der Waals surface area contributed by atoms with Gasteiger partial charge in [-0.1, -0.05) is 74.5 Å². The number of benzene rings is 2. The summed E-state index contributed by atoms with van der Waals surface area (Å²) in [6, 6.07) is 19.3. The van der Waals surface area contributed by atoms with E-state index < -0.39 is 6.04 Å². The summed E-state index contributed by atoms with van der Waals surface area (Å²) in [4.78, 5) is 16.8. The summed E-state index contributed by atoms with van der Waals surface area (Å²) in [5.74, 6) is -0.241. The van der Waals surface area contributed by atoms with Gasteiger partial charge in [0, 0.05) is 11.1 Å². The van der Waals surface area contributed by atoms with Crippen LogP contribution >= 0.6 is 0 Å². The highest BCUT2D eigenvalue weighted by molar-refractivity contribution is 6.13. The summed E-state index contributed by atoms with van der Waals surface area (Å²) < 4.78 is 4.90. The fraction of sp³-hybridized carbons (Fsp3) is 0.263. The highest BCUT2D eigenvalue weighted by Crippen LogP contribution is 2.16. The van der Waals surface area contributed by atoms with Crippen LogP contribution in [0.1, 0.15) is 25.0 Å². The standard InChI is InChI=1S/C19H21NO2/c1-14(2)17(19(21)22-3)20-18(15-10-6-4-7-11-15)16-12-8-5-9-13-16/h4-14,17H,1-3H3/t17-/m0/s1. The van der Waals surface area contributed by atoms with Crippen LogP contribution in [0.25, 0.3) is 0 Å². The van der Waals surface area contributed by atoms with E-state index in [1.807, 2.05) is 74.5 Å². The van der Waals surface area contributed by atoms with Crippen LogP contribution in [0.4, 0.5) is 0 Å². The number of methoxy groups -OCH3 is 1. The second-order valence-corrected chi connectivity index (χ2v) is 5.42. The number of aliphatic imine (C=N–C) groups is 1. The molecule has 0 saturated heterocycles. The van der Waals surface area contributed by atoms with Crippen molar-refractivity contribution in [2.24, 2.45) is 10.9 Å². The molecular formula is C19H21NO2. The van der Waals surface area contributed by atoms with Crippen molar-refractivity contribution in [2.75, 3.05) is 7.11 Å². The molecule has 3 nitrogen and oxygen atoms in total. The first-order valence-electron chi connectivity index (χ1n) is 7.40. The molecule has 0 aliphatic carbocycles. The molecule has 0 saturated carbocycles. The molecule has 0 bridgehead atoms. The van der Waals surface area contributed by atoms with E-state index in [-0.39, 0.29) is 11.9 Å². The number of hydrogen-bond acceptors (Lipinski definition) is 3. The number of esters is 1. The maximum absolute atomic E-state index is 12.0. The Labute approximate surface area is 131 Å². The Morgan fingerprint density at radius 1 is 0.909 bits per heavy atom. The van der Waals surface area contributed by atoms with Crippen LogP contribution in [0.2, 0.25) is 0 Å². The first kappa shape index (κ1) is 16.0. The smallest absolute Gasteiger partial charge is 0.330 e. The van der Waals surface area contributed by atoms with Crippen molar-refractivity contribution in [3.8, 4) is 0 Å². The summed E-state index contributed by atoms with van der Waals surface area (Å²) in [7, 11) is 1.40. The van der Waals surface area contributed by atoms with Crippen LogP contribution in [0, 0.1) is 5.92 Å². The lowest BCUT2D eigenvalue weighted by Crippen LogP contribution is -2.27. The van der Waals surface area contributed by atoms with Gasteiger partial charge in [-0.2, -0.15) is 0 Å². The minimum absolute atomic E-state index is 0.0647. The third-order valence-electron chi connectivity index (χ3n) is 3.44. The molecule has 0 N–H and O–H groups in total. The summed E-state index contributed by atoms with van der Waals surface area (Å²) >= 11 is 0. The molecule has 0 amide bonds.